The fraction of sp³-hybridized carbons (Fsp3) is 0.500. The zero-order chi connectivity index (χ0) is 19.9. The van der Waals surface area contributed by atoms with Crippen LogP contribution in [-0.4, -0.2) is 42.1 Å². The lowest BCUT2D eigenvalue weighted by Crippen LogP contribution is -2.49. The van der Waals surface area contributed by atoms with Gasteiger partial charge in [-0.05, 0) is 37.0 Å². The first-order valence-electron chi connectivity index (χ1n) is 9.52. The van der Waals surface area contributed by atoms with Gasteiger partial charge >= 0.3 is 6.18 Å². The summed E-state index contributed by atoms with van der Waals surface area (Å²) in [6.45, 7) is 3.98. The number of halogens is 3. The molecule has 1 aliphatic carbocycles. The largest absolute Gasteiger partial charge is 0.416 e. The van der Waals surface area contributed by atoms with Crippen molar-refractivity contribution in [3.05, 3.63) is 46.8 Å². The number of aryl methyl sites for hydroxylation is 1. The van der Waals surface area contributed by atoms with Gasteiger partial charge in [0.15, 0.2) is 5.69 Å². The Balaban J connectivity index is 1.44. The molecule has 2 heterocycles. The molecule has 0 unspecified atom stereocenters. The predicted octanol–water partition coefficient (Wildman–Crippen LogP) is 3.78. The van der Waals surface area contributed by atoms with Crippen molar-refractivity contribution in [2.45, 2.75) is 32.4 Å². The summed E-state index contributed by atoms with van der Waals surface area (Å²) in [4.78, 5) is 16.5. The van der Waals surface area contributed by atoms with Gasteiger partial charge in [-0.2, -0.15) is 13.2 Å². The third-order valence-electron chi connectivity index (χ3n) is 5.59. The van der Waals surface area contributed by atoms with E-state index in [1.165, 1.54) is 6.07 Å². The van der Waals surface area contributed by atoms with Crippen molar-refractivity contribution in [1.82, 2.24) is 10.1 Å². The van der Waals surface area contributed by atoms with E-state index in [9.17, 15) is 18.0 Å². The first-order valence-corrected chi connectivity index (χ1v) is 9.52. The van der Waals surface area contributed by atoms with Crippen molar-refractivity contribution in [2.75, 3.05) is 31.1 Å². The molecule has 5 nitrogen and oxygen atoms in total. The number of fused-ring (bicyclic) bond motifs is 1. The number of amides is 1. The van der Waals surface area contributed by atoms with Crippen molar-refractivity contribution < 1.29 is 22.5 Å². The van der Waals surface area contributed by atoms with Gasteiger partial charge in [-0.15, -0.1) is 0 Å². The summed E-state index contributed by atoms with van der Waals surface area (Å²) >= 11 is 0. The van der Waals surface area contributed by atoms with Gasteiger partial charge in [0.05, 0.1) is 5.56 Å². The van der Waals surface area contributed by atoms with Gasteiger partial charge in [0.1, 0.15) is 5.76 Å². The minimum atomic E-state index is -4.36. The number of hydrogen-bond donors (Lipinski definition) is 0. The Kier molecular flexibility index (Phi) is 4.81. The molecule has 0 spiro atoms. The van der Waals surface area contributed by atoms with E-state index in [2.05, 4.69) is 12.1 Å². The van der Waals surface area contributed by atoms with Crippen LogP contribution in [0.25, 0.3) is 0 Å². The maximum absolute atomic E-state index is 12.9. The predicted molar refractivity (Wildman–Crippen MR) is 97.3 cm³/mol. The molecule has 2 aromatic rings. The molecule has 1 amide bonds. The average Bonchev–Trinajstić information content (AvgIpc) is 3.10. The van der Waals surface area contributed by atoms with E-state index in [1.54, 1.807) is 11.0 Å². The average molecular weight is 393 g/mol. The first-order chi connectivity index (χ1) is 13.3. The topological polar surface area (TPSA) is 49.6 Å². The van der Waals surface area contributed by atoms with Crippen molar-refractivity contribution >= 4 is 11.6 Å². The van der Waals surface area contributed by atoms with Crippen LogP contribution in [0.2, 0.25) is 0 Å². The number of carbonyl (C=O) groups excluding carboxylic acids is 1. The van der Waals surface area contributed by atoms with Crippen LogP contribution in [-0.2, 0) is 19.0 Å². The van der Waals surface area contributed by atoms with Crippen LogP contribution in [0.1, 0.15) is 40.7 Å². The molecular formula is C20H22F3N3O2. The van der Waals surface area contributed by atoms with E-state index >= 15 is 0 Å². The van der Waals surface area contributed by atoms with Crippen LogP contribution < -0.4 is 4.90 Å². The fourth-order valence-electron chi connectivity index (χ4n) is 3.94. The summed E-state index contributed by atoms with van der Waals surface area (Å²) in [6, 6.07) is 5.31. The van der Waals surface area contributed by atoms with Gasteiger partial charge in [-0.1, -0.05) is 18.1 Å². The zero-order valence-corrected chi connectivity index (χ0v) is 15.6. The van der Waals surface area contributed by atoms with Crippen molar-refractivity contribution in [1.29, 1.82) is 0 Å². The second-order valence-corrected chi connectivity index (χ2v) is 7.61. The molecule has 150 valence electrons. The normalized spacial score (nSPS) is 20.2. The number of rotatable bonds is 2. The molecule has 0 N–H and O–H groups in total. The molecule has 28 heavy (non-hydrogen) atoms. The van der Waals surface area contributed by atoms with E-state index in [0.717, 1.165) is 42.7 Å². The Hall–Kier alpha value is -2.51. The van der Waals surface area contributed by atoms with Crippen LogP contribution >= 0.6 is 0 Å². The lowest BCUT2D eigenvalue weighted by molar-refractivity contribution is -0.137. The van der Waals surface area contributed by atoms with Crippen molar-refractivity contribution in [3.8, 4) is 0 Å². The van der Waals surface area contributed by atoms with Crippen LogP contribution in [0.3, 0.4) is 0 Å². The van der Waals surface area contributed by atoms with Gasteiger partial charge in [-0.3, -0.25) is 4.79 Å². The highest BCUT2D eigenvalue weighted by Crippen LogP contribution is 2.32. The molecule has 1 aromatic heterocycles. The standard InChI is InChI=1S/C20H22F3N3O2/c1-13-5-6-17-16(11-13)18(24-28-17)19(27)26-9-7-25(8-10-26)15-4-2-3-14(12-15)20(21,22)23/h2-4,12-13H,5-11H2,1H3/t13-/m1/s1. The molecule has 4 rings (SSSR count). The second-order valence-electron chi connectivity index (χ2n) is 7.61. The van der Waals surface area contributed by atoms with Crippen LogP contribution in [0.15, 0.2) is 28.8 Å². The summed E-state index contributed by atoms with van der Waals surface area (Å²) < 4.78 is 44.2. The number of alkyl halides is 3. The van der Waals surface area contributed by atoms with Gasteiger partial charge in [0.2, 0.25) is 0 Å². The minimum absolute atomic E-state index is 0.150. The van der Waals surface area contributed by atoms with Crippen molar-refractivity contribution in [2.24, 2.45) is 5.92 Å². The SMILES string of the molecule is C[C@@H]1CCc2onc(C(=O)N3CCN(c4cccc(C(F)(F)F)c4)CC3)c2C1. The van der Waals surface area contributed by atoms with Crippen LogP contribution in [0, 0.1) is 5.92 Å². The maximum atomic E-state index is 12.9. The molecule has 1 fully saturated rings. The Morgan fingerprint density at radius 2 is 1.96 bits per heavy atom. The van der Waals surface area contributed by atoms with Gasteiger partial charge in [0, 0.05) is 43.9 Å². The number of nitrogens with zero attached hydrogens (tertiary/aromatic N) is 3. The molecule has 1 saturated heterocycles. The third kappa shape index (κ3) is 3.59. The lowest BCUT2D eigenvalue weighted by atomic mass is 9.88. The van der Waals surface area contributed by atoms with E-state index < -0.39 is 11.7 Å². The molecule has 1 atom stereocenters. The highest BCUT2D eigenvalue weighted by atomic mass is 19.4. The molecule has 0 radical (unpaired) electrons. The highest BCUT2D eigenvalue weighted by Gasteiger charge is 2.33. The molecule has 0 bridgehead atoms. The van der Waals surface area contributed by atoms with E-state index in [4.69, 9.17) is 4.52 Å². The fourth-order valence-corrected chi connectivity index (χ4v) is 3.94. The Bertz CT molecular complexity index is 870. The van der Waals surface area contributed by atoms with E-state index in [1.807, 2.05) is 4.90 Å². The third-order valence-corrected chi connectivity index (χ3v) is 5.59. The minimum Gasteiger partial charge on any atom is -0.368 e. The summed E-state index contributed by atoms with van der Waals surface area (Å²) in [5.74, 6) is 1.16. The number of piperazine rings is 1. The number of hydrogen-bond acceptors (Lipinski definition) is 4. The van der Waals surface area contributed by atoms with E-state index in [0.29, 0.717) is 43.5 Å². The Morgan fingerprint density at radius 1 is 1.21 bits per heavy atom. The second kappa shape index (κ2) is 7.14. The smallest absolute Gasteiger partial charge is 0.368 e. The summed E-state index contributed by atoms with van der Waals surface area (Å²) in [6.07, 6.45) is -1.73. The number of anilines is 1. The lowest BCUT2D eigenvalue weighted by Gasteiger charge is -2.36. The molecule has 2 aliphatic rings. The number of benzene rings is 1. The molecule has 8 heteroatoms. The quantitative estimate of drug-likeness (QED) is 0.779. The van der Waals surface area contributed by atoms with Crippen LogP contribution in [0.4, 0.5) is 18.9 Å². The molecular weight excluding hydrogens is 371 g/mol. The number of carbonyl (C=O) groups is 1. The Labute approximate surface area is 161 Å². The highest BCUT2D eigenvalue weighted by molar-refractivity contribution is 5.94. The summed E-state index contributed by atoms with van der Waals surface area (Å²) in [5, 5.41) is 4.02. The first kappa shape index (κ1) is 18.8. The molecule has 1 aliphatic heterocycles. The monoisotopic (exact) mass is 393 g/mol. The van der Waals surface area contributed by atoms with Crippen LogP contribution in [0.5, 0.6) is 0 Å². The van der Waals surface area contributed by atoms with Gasteiger partial charge in [-0.25, -0.2) is 0 Å². The molecule has 1 aromatic carbocycles. The molecule has 0 saturated carbocycles. The number of aromatic nitrogens is 1. The zero-order valence-electron chi connectivity index (χ0n) is 15.6. The summed E-state index contributed by atoms with van der Waals surface area (Å²) in [7, 11) is 0. The maximum Gasteiger partial charge on any atom is 0.416 e. The van der Waals surface area contributed by atoms with Gasteiger partial charge in [0.25, 0.3) is 5.91 Å². The summed E-state index contributed by atoms with van der Waals surface area (Å²) in [5.41, 5.74) is 1.18. The van der Waals surface area contributed by atoms with E-state index in [-0.39, 0.29) is 5.91 Å². The van der Waals surface area contributed by atoms with Gasteiger partial charge < -0.3 is 14.3 Å². The van der Waals surface area contributed by atoms with Crippen molar-refractivity contribution in [3.63, 3.8) is 0 Å². The Morgan fingerprint density at radius 3 is 2.68 bits per heavy atom.